The number of hydrogen-bond donors (Lipinski definition) is 1. The van der Waals surface area contributed by atoms with Gasteiger partial charge in [-0.1, -0.05) is 20.8 Å². The summed E-state index contributed by atoms with van der Waals surface area (Å²) in [5.41, 5.74) is 6.58. The van der Waals surface area contributed by atoms with Crippen molar-refractivity contribution in [1.29, 1.82) is 0 Å². The Labute approximate surface area is 139 Å². The summed E-state index contributed by atoms with van der Waals surface area (Å²) in [5, 5.41) is 0.716. The number of amides is 1. The van der Waals surface area contributed by atoms with Crippen LogP contribution in [0.1, 0.15) is 55.9 Å². The van der Waals surface area contributed by atoms with Gasteiger partial charge in [-0.3, -0.25) is 14.2 Å². The van der Waals surface area contributed by atoms with Crippen LogP contribution in [0.4, 0.5) is 0 Å². The van der Waals surface area contributed by atoms with E-state index in [1.165, 1.54) is 9.44 Å². The van der Waals surface area contributed by atoms with Gasteiger partial charge in [0.25, 0.3) is 5.56 Å². The van der Waals surface area contributed by atoms with Gasteiger partial charge in [0.2, 0.25) is 5.91 Å². The maximum absolute atomic E-state index is 13.1. The first-order chi connectivity index (χ1) is 11.0. The SMILES string of the molecule is CCc1nc2sc3c(c2c(=O)n1C(CC)C(N)=O)CCC(C)C3. The van der Waals surface area contributed by atoms with Crippen molar-refractivity contribution in [2.24, 2.45) is 11.7 Å². The molecule has 1 aliphatic rings. The van der Waals surface area contributed by atoms with E-state index in [2.05, 4.69) is 6.92 Å². The molecule has 0 saturated heterocycles. The van der Waals surface area contributed by atoms with Gasteiger partial charge in [-0.05, 0) is 37.2 Å². The standard InChI is InChI=1S/C17H23N3O2S/c1-4-11(15(18)21)20-13(5-2)19-16-14(17(20)22)10-7-6-9(3)8-12(10)23-16/h9,11H,4-8H2,1-3H3,(H2,18,21). The lowest BCUT2D eigenvalue weighted by Gasteiger charge is -2.19. The van der Waals surface area contributed by atoms with Crippen molar-refractivity contribution in [1.82, 2.24) is 9.55 Å². The van der Waals surface area contributed by atoms with Crippen LogP contribution in [0, 0.1) is 5.92 Å². The van der Waals surface area contributed by atoms with Crippen molar-refractivity contribution < 1.29 is 4.79 Å². The lowest BCUT2D eigenvalue weighted by molar-refractivity contribution is -0.121. The molecule has 3 rings (SSSR count). The van der Waals surface area contributed by atoms with Gasteiger partial charge in [-0.25, -0.2) is 4.98 Å². The predicted octanol–water partition coefficient (Wildman–Crippen LogP) is 2.58. The fraction of sp³-hybridized carbons (Fsp3) is 0.588. The van der Waals surface area contributed by atoms with Gasteiger partial charge in [-0.15, -0.1) is 11.3 Å². The summed E-state index contributed by atoms with van der Waals surface area (Å²) in [6, 6.07) is -0.618. The van der Waals surface area contributed by atoms with Gasteiger partial charge >= 0.3 is 0 Å². The number of thiophene rings is 1. The summed E-state index contributed by atoms with van der Waals surface area (Å²) in [6.07, 6.45) is 4.14. The molecule has 0 spiro atoms. The number of nitrogens with two attached hydrogens (primary N) is 1. The van der Waals surface area contributed by atoms with Gasteiger partial charge < -0.3 is 5.73 Å². The third kappa shape index (κ3) is 2.59. The normalized spacial score (nSPS) is 18.8. The smallest absolute Gasteiger partial charge is 0.263 e. The van der Waals surface area contributed by atoms with Crippen LogP contribution < -0.4 is 11.3 Å². The third-order valence-electron chi connectivity index (χ3n) is 4.78. The maximum Gasteiger partial charge on any atom is 0.263 e. The molecule has 0 radical (unpaired) electrons. The molecule has 0 fully saturated rings. The Hall–Kier alpha value is -1.69. The van der Waals surface area contributed by atoms with Crippen LogP contribution >= 0.6 is 11.3 Å². The van der Waals surface area contributed by atoms with Crippen molar-refractivity contribution in [2.45, 2.75) is 58.9 Å². The van der Waals surface area contributed by atoms with Crippen LogP contribution in [0.2, 0.25) is 0 Å². The summed E-state index contributed by atoms with van der Waals surface area (Å²) in [4.78, 5) is 31.8. The average Bonchev–Trinajstić information content (AvgIpc) is 2.86. The highest BCUT2D eigenvalue weighted by Gasteiger charge is 2.27. The summed E-state index contributed by atoms with van der Waals surface area (Å²) < 4.78 is 1.54. The van der Waals surface area contributed by atoms with Crippen molar-refractivity contribution in [3.05, 3.63) is 26.6 Å². The monoisotopic (exact) mass is 333 g/mol. The first-order valence-corrected chi connectivity index (χ1v) is 9.14. The molecule has 124 valence electrons. The van der Waals surface area contributed by atoms with E-state index >= 15 is 0 Å². The number of rotatable bonds is 4. The Balaban J connectivity index is 2.31. The van der Waals surface area contributed by atoms with Gasteiger partial charge in [0.05, 0.1) is 5.39 Å². The van der Waals surface area contributed by atoms with Crippen LogP contribution in [-0.4, -0.2) is 15.5 Å². The molecule has 0 aliphatic heterocycles. The maximum atomic E-state index is 13.1. The topological polar surface area (TPSA) is 78.0 Å². The Morgan fingerprint density at radius 3 is 2.83 bits per heavy atom. The summed E-state index contributed by atoms with van der Waals surface area (Å²) >= 11 is 1.64. The first-order valence-electron chi connectivity index (χ1n) is 8.32. The van der Waals surface area contributed by atoms with Gasteiger partial charge in [-0.2, -0.15) is 0 Å². The highest BCUT2D eigenvalue weighted by atomic mass is 32.1. The molecule has 2 heterocycles. The predicted molar refractivity (Wildman–Crippen MR) is 93.0 cm³/mol. The molecule has 2 unspecified atom stereocenters. The van der Waals surface area contributed by atoms with Gasteiger partial charge in [0.15, 0.2) is 0 Å². The largest absolute Gasteiger partial charge is 0.368 e. The van der Waals surface area contributed by atoms with Crippen LogP contribution in [0.15, 0.2) is 4.79 Å². The zero-order chi connectivity index (χ0) is 16.7. The summed E-state index contributed by atoms with van der Waals surface area (Å²) in [7, 11) is 0. The molecular weight excluding hydrogens is 310 g/mol. The average molecular weight is 333 g/mol. The lowest BCUT2D eigenvalue weighted by Crippen LogP contribution is -2.36. The molecule has 2 N–H and O–H groups in total. The molecule has 1 aliphatic carbocycles. The molecule has 0 aromatic carbocycles. The van der Waals surface area contributed by atoms with Crippen molar-refractivity contribution in [3.63, 3.8) is 0 Å². The zero-order valence-electron chi connectivity index (χ0n) is 13.9. The molecule has 0 saturated carbocycles. The Kier molecular flexibility index (Phi) is 4.27. The molecule has 1 amide bonds. The summed E-state index contributed by atoms with van der Waals surface area (Å²) in [5.74, 6) is 0.834. The number of carbonyl (C=O) groups is 1. The number of nitrogens with zero attached hydrogens (tertiary/aromatic N) is 2. The second kappa shape index (κ2) is 6.07. The molecule has 2 atom stereocenters. The molecule has 0 bridgehead atoms. The second-order valence-corrected chi connectivity index (χ2v) is 7.50. The van der Waals surface area contributed by atoms with E-state index < -0.39 is 11.9 Å². The zero-order valence-corrected chi connectivity index (χ0v) is 14.7. The Bertz CT molecular complexity index is 821. The van der Waals surface area contributed by atoms with E-state index in [4.69, 9.17) is 10.7 Å². The van der Waals surface area contributed by atoms with Gasteiger partial charge in [0.1, 0.15) is 16.7 Å². The molecule has 2 aromatic heterocycles. The second-order valence-electron chi connectivity index (χ2n) is 6.42. The number of aromatic nitrogens is 2. The van der Waals surface area contributed by atoms with Crippen LogP contribution in [0.5, 0.6) is 0 Å². The molecular formula is C17H23N3O2S. The minimum absolute atomic E-state index is 0.0930. The quantitative estimate of drug-likeness (QED) is 0.934. The van der Waals surface area contributed by atoms with Crippen molar-refractivity contribution >= 4 is 27.5 Å². The van der Waals surface area contributed by atoms with E-state index in [0.717, 1.165) is 29.7 Å². The minimum Gasteiger partial charge on any atom is -0.368 e. The van der Waals surface area contributed by atoms with E-state index in [1.54, 1.807) is 11.3 Å². The highest BCUT2D eigenvalue weighted by Crippen LogP contribution is 2.36. The fourth-order valence-electron chi connectivity index (χ4n) is 3.53. The van der Waals surface area contributed by atoms with E-state index in [0.29, 0.717) is 30.0 Å². The molecule has 6 heteroatoms. The first kappa shape index (κ1) is 16.2. The van der Waals surface area contributed by atoms with Crippen LogP contribution in [0.25, 0.3) is 10.2 Å². The number of hydrogen-bond acceptors (Lipinski definition) is 4. The fourth-order valence-corrected chi connectivity index (χ4v) is 4.92. The number of fused-ring (bicyclic) bond motifs is 3. The Morgan fingerprint density at radius 2 is 2.22 bits per heavy atom. The number of primary amides is 1. The Morgan fingerprint density at radius 1 is 1.48 bits per heavy atom. The lowest BCUT2D eigenvalue weighted by atomic mass is 9.89. The summed E-state index contributed by atoms with van der Waals surface area (Å²) in [6.45, 7) is 6.07. The van der Waals surface area contributed by atoms with Gasteiger partial charge in [0, 0.05) is 11.3 Å². The van der Waals surface area contributed by atoms with Crippen molar-refractivity contribution in [3.8, 4) is 0 Å². The highest BCUT2D eigenvalue weighted by molar-refractivity contribution is 7.18. The van der Waals surface area contributed by atoms with E-state index in [9.17, 15) is 9.59 Å². The van der Waals surface area contributed by atoms with Crippen LogP contribution in [0.3, 0.4) is 0 Å². The van der Waals surface area contributed by atoms with Crippen LogP contribution in [-0.2, 0) is 24.1 Å². The minimum atomic E-state index is -0.618. The van der Waals surface area contributed by atoms with E-state index in [1.807, 2.05) is 13.8 Å². The molecule has 23 heavy (non-hydrogen) atoms. The number of aryl methyl sites for hydroxylation is 2. The molecule has 5 nitrogen and oxygen atoms in total. The third-order valence-corrected chi connectivity index (χ3v) is 5.93. The van der Waals surface area contributed by atoms with E-state index in [-0.39, 0.29) is 5.56 Å². The number of carbonyl (C=O) groups excluding carboxylic acids is 1. The van der Waals surface area contributed by atoms with Crippen molar-refractivity contribution in [2.75, 3.05) is 0 Å². The molecule has 2 aromatic rings.